The van der Waals surface area contributed by atoms with Crippen molar-refractivity contribution in [3.8, 4) is 23.5 Å². The molecule has 0 fully saturated rings. The van der Waals surface area contributed by atoms with Crippen molar-refractivity contribution in [2.75, 3.05) is 20.2 Å². The largest absolute Gasteiger partial charge is 0.486 e. The molecule has 0 saturated carbocycles. The standard InChI is InChI=1S/C21H19N3O4/c1-14-19(16(11-22)21(27-14)24-9-5-6-10-24)20(25)23(2)12-15-13-26-17-7-3-4-8-18(17)28-15/h3-10,15H,12-13H2,1-2H3. The van der Waals surface area contributed by atoms with E-state index in [4.69, 9.17) is 13.9 Å². The molecule has 28 heavy (non-hydrogen) atoms. The second-order valence-corrected chi connectivity index (χ2v) is 6.60. The lowest BCUT2D eigenvalue weighted by atomic mass is 10.1. The summed E-state index contributed by atoms with van der Waals surface area (Å²) in [6.45, 7) is 2.35. The van der Waals surface area contributed by atoms with Gasteiger partial charge in [0.1, 0.15) is 29.6 Å². The average Bonchev–Trinajstić information content (AvgIpc) is 3.34. The number of hydrogen-bond donors (Lipinski definition) is 0. The lowest BCUT2D eigenvalue weighted by Gasteiger charge is -2.29. The number of para-hydroxylation sites is 2. The molecule has 0 radical (unpaired) electrons. The van der Waals surface area contributed by atoms with Crippen molar-refractivity contribution in [2.24, 2.45) is 0 Å². The molecule has 1 unspecified atom stereocenters. The normalized spacial score (nSPS) is 15.1. The topological polar surface area (TPSA) is 80.6 Å². The zero-order chi connectivity index (χ0) is 19.7. The zero-order valence-electron chi connectivity index (χ0n) is 15.6. The number of likely N-dealkylation sites (N-methyl/N-ethyl adjacent to an activating group) is 1. The van der Waals surface area contributed by atoms with E-state index in [1.165, 1.54) is 4.90 Å². The molecule has 0 saturated heterocycles. The second-order valence-electron chi connectivity index (χ2n) is 6.60. The molecule has 3 heterocycles. The Balaban J connectivity index is 1.54. The fourth-order valence-electron chi connectivity index (χ4n) is 3.28. The maximum Gasteiger partial charge on any atom is 0.258 e. The van der Waals surface area contributed by atoms with Gasteiger partial charge in [0, 0.05) is 19.4 Å². The first-order valence-corrected chi connectivity index (χ1v) is 8.89. The molecule has 1 aliphatic heterocycles. The summed E-state index contributed by atoms with van der Waals surface area (Å²) in [6.07, 6.45) is 3.23. The Bertz CT molecular complexity index is 1050. The molecule has 7 heteroatoms. The first-order valence-electron chi connectivity index (χ1n) is 8.89. The fraction of sp³-hybridized carbons (Fsp3) is 0.238. The smallest absolute Gasteiger partial charge is 0.258 e. The average molecular weight is 377 g/mol. The highest BCUT2D eigenvalue weighted by Gasteiger charge is 2.29. The first-order chi connectivity index (χ1) is 13.6. The number of amides is 1. The fourth-order valence-corrected chi connectivity index (χ4v) is 3.28. The van der Waals surface area contributed by atoms with E-state index in [1.807, 2.05) is 36.4 Å². The van der Waals surface area contributed by atoms with Crippen molar-refractivity contribution < 1.29 is 18.7 Å². The summed E-state index contributed by atoms with van der Waals surface area (Å²) < 4.78 is 19.0. The number of fused-ring (bicyclic) bond motifs is 1. The molecule has 0 aliphatic carbocycles. The Morgan fingerprint density at radius 1 is 1.25 bits per heavy atom. The van der Waals surface area contributed by atoms with E-state index >= 15 is 0 Å². The molecular formula is C21H19N3O4. The van der Waals surface area contributed by atoms with Crippen LogP contribution in [0.15, 0.2) is 53.2 Å². The Morgan fingerprint density at radius 2 is 1.96 bits per heavy atom. The van der Waals surface area contributed by atoms with Crippen LogP contribution >= 0.6 is 0 Å². The van der Waals surface area contributed by atoms with Crippen molar-refractivity contribution in [2.45, 2.75) is 13.0 Å². The number of hydrogen-bond acceptors (Lipinski definition) is 5. The van der Waals surface area contributed by atoms with E-state index in [2.05, 4.69) is 6.07 Å². The van der Waals surface area contributed by atoms with Crippen LogP contribution < -0.4 is 9.47 Å². The molecule has 7 nitrogen and oxygen atoms in total. The Kier molecular flexibility index (Phi) is 4.53. The number of benzene rings is 1. The van der Waals surface area contributed by atoms with E-state index in [0.29, 0.717) is 36.3 Å². The molecule has 0 spiro atoms. The Hall–Kier alpha value is -3.66. The number of carbonyl (C=O) groups excluding carboxylic acids is 1. The Labute approximate surface area is 162 Å². The van der Waals surface area contributed by atoms with Crippen molar-refractivity contribution in [3.63, 3.8) is 0 Å². The van der Waals surface area contributed by atoms with Crippen molar-refractivity contribution in [1.29, 1.82) is 5.26 Å². The summed E-state index contributed by atoms with van der Waals surface area (Å²) in [5.41, 5.74) is 0.488. The monoisotopic (exact) mass is 377 g/mol. The van der Waals surface area contributed by atoms with Crippen molar-refractivity contribution in [3.05, 3.63) is 65.7 Å². The van der Waals surface area contributed by atoms with Gasteiger partial charge in [0.15, 0.2) is 17.6 Å². The van der Waals surface area contributed by atoms with Crippen molar-refractivity contribution >= 4 is 5.91 Å². The van der Waals surface area contributed by atoms with Crippen LogP contribution in [-0.2, 0) is 0 Å². The van der Waals surface area contributed by atoms with Crippen LogP contribution in [0.1, 0.15) is 21.7 Å². The van der Waals surface area contributed by atoms with E-state index in [1.54, 1.807) is 30.9 Å². The minimum Gasteiger partial charge on any atom is -0.486 e. The van der Waals surface area contributed by atoms with Crippen LogP contribution in [0.3, 0.4) is 0 Å². The number of carbonyl (C=O) groups is 1. The van der Waals surface area contributed by atoms with Gasteiger partial charge in [-0.15, -0.1) is 0 Å². The highest BCUT2D eigenvalue weighted by molar-refractivity contribution is 5.98. The molecule has 1 amide bonds. The van der Waals surface area contributed by atoms with Crippen LogP contribution in [0.2, 0.25) is 0 Å². The number of nitrogens with zero attached hydrogens (tertiary/aromatic N) is 3. The number of rotatable bonds is 4. The molecule has 0 N–H and O–H groups in total. The van der Waals surface area contributed by atoms with Gasteiger partial charge in [0.2, 0.25) is 5.88 Å². The molecule has 1 aromatic carbocycles. The third kappa shape index (κ3) is 3.09. The number of furan rings is 1. The van der Waals surface area contributed by atoms with Crippen LogP contribution in [0.5, 0.6) is 11.5 Å². The number of aromatic nitrogens is 1. The SMILES string of the molecule is Cc1oc(-n2cccc2)c(C#N)c1C(=O)N(C)CC1COc2ccccc2O1. The van der Waals surface area contributed by atoms with E-state index < -0.39 is 0 Å². The highest BCUT2D eigenvalue weighted by Crippen LogP contribution is 2.31. The zero-order valence-corrected chi connectivity index (χ0v) is 15.6. The van der Waals surface area contributed by atoms with Gasteiger partial charge < -0.3 is 18.8 Å². The van der Waals surface area contributed by atoms with Crippen LogP contribution in [-0.4, -0.2) is 41.7 Å². The molecule has 0 bridgehead atoms. The lowest BCUT2D eigenvalue weighted by molar-refractivity contribution is 0.0519. The van der Waals surface area contributed by atoms with E-state index in [-0.39, 0.29) is 23.1 Å². The van der Waals surface area contributed by atoms with Gasteiger partial charge in [0.05, 0.1) is 6.54 Å². The summed E-state index contributed by atoms with van der Waals surface area (Å²) in [5.74, 6) is 1.81. The summed E-state index contributed by atoms with van der Waals surface area (Å²) in [5, 5.41) is 9.63. The Morgan fingerprint density at radius 3 is 2.68 bits per heavy atom. The molecule has 3 aromatic rings. The molecule has 1 aliphatic rings. The van der Waals surface area contributed by atoms with Gasteiger partial charge >= 0.3 is 0 Å². The van der Waals surface area contributed by atoms with Gasteiger partial charge in [-0.25, -0.2) is 0 Å². The third-order valence-corrected chi connectivity index (χ3v) is 4.62. The van der Waals surface area contributed by atoms with Crippen LogP contribution in [0.4, 0.5) is 0 Å². The molecule has 4 rings (SSSR count). The van der Waals surface area contributed by atoms with E-state index in [0.717, 1.165) is 0 Å². The van der Waals surface area contributed by atoms with Gasteiger partial charge in [-0.1, -0.05) is 12.1 Å². The number of ether oxygens (including phenoxy) is 2. The summed E-state index contributed by atoms with van der Waals surface area (Å²) in [6, 6.07) is 13.2. The molecular weight excluding hydrogens is 358 g/mol. The first kappa shape index (κ1) is 17.7. The predicted molar refractivity (Wildman–Crippen MR) is 101 cm³/mol. The van der Waals surface area contributed by atoms with Gasteiger partial charge in [-0.2, -0.15) is 5.26 Å². The third-order valence-electron chi connectivity index (χ3n) is 4.62. The highest BCUT2D eigenvalue weighted by atomic mass is 16.6. The van der Waals surface area contributed by atoms with E-state index in [9.17, 15) is 10.1 Å². The van der Waals surface area contributed by atoms with Crippen molar-refractivity contribution in [1.82, 2.24) is 9.47 Å². The maximum absolute atomic E-state index is 13.1. The second kappa shape index (κ2) is 7.16. The molecule has 2 aromatic heterocycles. The van der Waals surface area contributed by atoms with Gasteiger partial charge in [-0.05, 0) is 31.2 Å². The summed E-state index contributed by atoms with van der Waals surface area (Å²) >= 11 is 0. The summed E-state index contributed by atoms with van der Waals surface area (Å²) in [7, 11) is 1.68. The predicted octanol–water partition coefficient (Wildman–Crippen LogP) is 3.16. The van der Waals surface area contributed by atoms with Gasteiger partial charge in [0.25, 0.3) is 5.91 Å². The van der Waals surface area contributed by atoms with Gasteiger partial charge in [-0.3, -0.25) is 9.36 Å². The quantitative estimate of drug-likeness (QED) is 0.698. The summed E-state index contributed by atoms with van der Waals surface area (Å²) in [4.78, 5) is 14.6. The van der Waals surface area contributed by atoms with Crippen LogP contribution in [0, 0.1) is 18.3 Å². The molecule has 1 atom stereocenters. The number of aryl methyl sites for hydroxylation is 1. The lowest BCUT2D eigenvalue weighted by Crippen LogP contribution is -2.42. The maximum atomic E-state index is 13.1. The van der Waals surface area contributed by atoms with Crippen LogP contribution in [0.25, 0.3) is 5.88 Å². The molecule has 142 valence electrons. The number of nitriles is 1. The minimum atomic E-state index is -0.300. The minimum absolute atomic E-state index is 0.219.